The second kappa shape index (κ2) is 5.30. The fourth-order valence-corrected chi connectivity index (χ4v) is 2.50. The van der Waals surface area contributed by atoms with Gasteiger partial charge in [-0.3, -0.25) is 4.68 Å². The Balaban J connectivity index is 2.05. The van der Waals surface area contributed by atoms with Crippen LogP contribution in [0.4, 0.5) is 13.2 Å². The maximum Gasteiger partial charge on any atom is 0.393 e. The van der Waals surface area contributed by atoms with Crippen molar-refractivity contribution in [2.24, 2.45) is 5.92 Å². The highest BCUT2D eigenvalue weighted by Gasteiger charge is 2.45. The third-order valence-corrected chi connectivity index (χ3v) is 3.47. The summed E-state index contributed by atoms with van der Waals surface area (Å²) in [5.41, 5.74) is 0.866. The van der Waals surface area contributed by atoms with Crippen LogP contribution in [0.25, 0.3) is 0 Å². The molecule has 1 saturated heterocycles. The van der Waals surface area contributed by atoms with Crippen molar-refractivity contribution in [2.45, 2.75) is 44.9 Å². The predicted molar refractivity (Wildman–Crippen MR) is 62.2 cm³/mol. The van der Waals surface area contributed by atoms with E-state index >= 15 is 0 Å². The molecule has 1 aromatic heterocycles. The van der Waals surface area contributed by atoms with Crippen LogP contribution < -0.4 is 5.32 Å². The van der Waals surface area contributed by atoms with Gasteiger partial charge in [0, 0.05) is 18.8 Å². The van der Waals surface area contributed by atoms with Crippen LogP contribution in [-0.2, 0) is 13.0 Å². The minimum atomic E-state index is -4.11. The van der Waals surface area contributed by atoms with Crippen LogP contribution in [0.3, 0.4) is 0 Å². The van der Waals surface area contributed by atoms with Crippen molar-refractivity contribution < 1.29 is 13.2 Å². The van der Waals surface area contributed by atoms with Crippen molar-refractivity contribution in [1.82, 2.24) is 15.1 Å². The van der Waals surface area contributed by atoms with E-state index in [0.717, 1.165) is 12.1 Å². The Kier molecular flexibility index (Phi) is 3.94. The SMILES string of the molecule is CCn1cc(CC2NCCCC2C(F)(F)F)cn1. The minimum absolute atomic E-state index is 0.225. The van der Waals surface area contributed by atoms with Gasteiger partial charge in [-0.15, -0.1) is 0 Å². The smallest absolute Gasteiger partial charge is 0.313 e. The second-order valence-corrected chi connectivity index (χ2v) is 4.76. The van der Waals surface area contributed by atoms with Gasteiger partial charge in [-0.1, -0.05) is 0 Å². The van der Waals surface area contributed by atoms with Gasteiger partial charge in [0.05, 0.1) is 12.1 Å². The first-order chi connectivity index (χ1) is 8.50. The summed E-state index contributed by atoms with van der Waals surface area (Å²) in [4.78, 5) is 0. The molecule has 0 bridgehead atoms. The number of hydrogen-bond donors (Lipinski definition) is 1. The van der Waals surface area contributed by atoms with E-state index in [-0.39, 0.29) is 6.42 Å². The molecule has 2 heterocycles. The molecule has 18 heavy (non-hydrogen) atoms. The molecule has 2 rings (SSSR count). The summed E-state index contributed by atoms with van der Waals surface area (Å²) < 4.78 is 40.5. The van der Waals surface area contributed by atoms with Gasteiger partial charge in [0.1, 0.15) is 0 Å². The van der Waals surface area contributed by atoms with Gasteiger partial charge in [0.15, 0.2) is 0 Å². The molecule has 0 aliphatic carbocycles. The first-order valence-corrected chi connectivity index (χ1v) is 6.32. The summed E-state index contributed by atoms with van der Waals surface area (Å²) in [5.74, 6) is -1.24. The van der Waals surface area contributed by atoms with Gasteiger partial charge >= 0.3 is 6.18 Å². The lowest BCUT2D eigenvalue weighted by Gasteiger charge is -2.33. The van der Waals surface area contributed by atoms with Crippen LogP contribution in [0.2, 0.25) is 0 Å². The van der Waals surface area contributed by atoms with Crippen molar-refractivity contribution in [3.8, 4) is 0 Å². The molecule has 2 unspecified atom stereocenters. The van der Waals surface area contributed by atoms with Crippen molar-refractivity contribution >= 4 is 0 Å². The van der Waals surface area contributed by atoms with E-state index in [9.17, 15) is 13.2 Å². The summed E-state index contributed by atoms with van der Waals surface area (Å²) in [6.45, 7) is 3.36. The van der Waals surface area contributed by atoms with E-state index in [0.29, 0.717) is 19.4 Å². The molecule has 2 atom stereocenters. The number of nitrogens with one attached hydrogen (secondary N) is 1. The molecule has 0 amide bonds. The van der Waals surface area contributed by atoms with Crippen molar-refractivity contribution in [2.75, 3.05) is 6.54 Å². The Morgan fingerprint density at radius 3 is 2.89 bits per heavy atom. The third kappa shape index (κ3) is 3.04. The Morgan fingerprint density at radius 1 is 1.50 bits per heavy atom. The molecule has 6 heteroatoms. The monoisotopic (exact) mass is 261 g/mol. The lowest BCUT2D eigenvalue weighted by Crippen LogP contribution is -2.48. The molecule has 3 nitrogen and oxygen atoms in total. The number of alkyl halides is 3. The van der Waals surface area contributed by atoms with E-state index in [4.69, 9.17) is 0 Å². The first kappa shape index (κ1) is 13.4. The highest BCUT2D eigenvalue weighted by atomic mass is 19.4. The molecule has 0 aromatic carbocycles. The lowest BCUT2D eigenvalue weighted by molar-refractivity contribution is -0.188. The van der Waals surface area contributed by atoms with E-state index in [1.165, 1.54) is 0 Å². The fraction of sp³-hybridized carbons (Fsp3) is 0.750. The molecule has 1 aliphatic rings. The number of piperidine rings is 1. The van der Waals surface area contributed by atoms with Gasteiger partial charge in [0.25, 0.3) is 0 Å². The third-order valence-electron chi connectivity index (χ3n) is 3.47. The average Bonchev–Trinajstić information content (AvgIpc) is 2.76. The number of aromatic nitrogens is 2. The van der Waals surface area contributed by atoms with Crippen LogP contribution >= 0.6 is 0 Å². The van der Waals surface area contributed by atoms with E-state index in [1.807, 2.05) is 13.1 Å². The van der Waals surface area contributed by atoms with Crippen molar-refractivity contribution in [1.29, 1.82) is 0 Å². The number of halogens is 3. The normalized spacial score (nSPS) is 25.3. The van der Waals surface area contributed by atoms with E-state index in [1.54, 1.807) is 10.9 Å². The van der Waals surface area contributed by atoms with Crippen LogP contribution in [0.5, 0.6) is 0 Å². The van der Waals surface area contributed by atoms with Gasteiger partial charge in [-0.05, 0) is 38.3 Å². The standard InChI is InChI=1S/C12H18F3N3/c1-2-18-8-9(7-17-18)6-11-10(12(13,14)15)4-3-5-16-11/h7-8,10-11,16H,2-6H2,1H3. The Morgan fingerprint density at radius 2 is 2.28 bits per heavy atom. The highest BCUT2D eigenvalue weighted by molar-refractivity contribution is 5.08. The van der Waals surface area contributed by atoms with Crippen LogP contribution in [0.1, 0.15) is 25.3 Å². The molecular weight excluding hydrogens is 243 g/mol. The average molecular weight is 261 g/mol. The largest absolute Gasteiger partial charge is 0.393 e. The highest BCUT2D eigenvalue weighted by Crippen LogP contribution is 2.35. The molecule has 1 fully saturated rings. The van der Waals surface area contributed by atoms with Crippen LogP contribution in [-0.4, -0.2) is 28.5 Å². The van der Waals surface area contributed by atoms with Gasteiger partial charge in [0.2, 0.25) is 0 Å². The Bertz CT molecular complexity index is 386. The number of aryl methyl sites for hydroxylation is 1. The topological polar surface area (TPSA) is 29.9 Å². The minimum Gasteiger partial charge on any atom is -0.313 e. The van der Waals surface area contributed by atoms with E-state index < -0.39 is 18.1 Å². The molecule has 1 N–H and O–H groups in total. The first-order valence-electron chi connectivity index (χ1n) is 6.32. The van der Waals surface area contributed by atoms with Crippen LogP contribution in [0, 0.1) is 5.92 Å². The quantitative estimate of drug-likeness (QED) is 0.905. The number of nitrogens with zero attached hydrogens (tertiary/aromatic N) is 2. The maximum absolute atomic E-state index is 12.9. The lowest BCUT2D eigenvalue weighted by atomic mass is 9.87. The zero-order chi connectivity index (χ0) is 13.2. The summed E-state index contributed by atoms with van der Waals surface area (Å²) >= 11 is 0. The summed E-state index contributed by atoms with van der Waals surface area (Å²) in [7, 11) is 0. The number of hydrogen-bond acceptors (Lipinski definition) is 2. The molecule has 0 spiro atoms. The Hall–Kier alpha value is -1.04. The fourth-order valence-electron chi connectivity index (χ4n) is 2.50. The van der Waals surface area contributed by atoms with Crippen molar-refractivity contribution in [3.05, 3.63) is 18.0 Å². The Labute approximate surface area is 104 Å². The predicted octanol–water partition coefficient (Wildman–Crippen LogP) is 2.38. The molecule has 0 radical (unpaired) electrons. The van der Waals surface area contributed by atoms with Crippen molar-refractivity contribution in [3.63, 3.8) is 0 Å². The summed E-state index contributed by atoms with van der Waals surface area (Å²) in [6, 6.07) is -0.520. The summed E-state index contributed by atoms with van der Waals surface area (Å²) in [5, 5.41) is 7.09. The zero-order valence-corrected chi connectivity index (χ0v) is 10.4. The molecule has 102 valence electrons. The van der Waals surface area contributed by atoms with Gasteiger partial charge in [-0.25, -0.2) is 0 Å². The van der Waals surface area contributed by atoms with Gasteiger partial charge in [-0.2, -0.15) is 18.3 Å². The summed E-state index contributed by atoms with van der Waals surface area (Å²) in [6.07, 6.45) is 0.581. The van der Waals surface area contributed by atoms with E-state index in [2.05, 4.69) is 10.4 Å². The van der Waals surface area contributed by atoms with Gasteiger partial charge < -0.3 is 5.32 Å². The molecular formula is C12H18F3N3. The zero-order valence-electron chi connectivity index (χ0n) is 10.4. The maximum atomic E-state index is 12.9. The second-order valence-electron chi connectivity index (χ2n) is 4.76. The van der Waals surface area contributed by atoms with Crippen LogP contribution in [0.15, 0.2) is 12.4 Å². The molecule has 1 aliphatic heterocycles. The molecule has 1 aromatic rings. The number of rotatable bonds is 3. The molecule has 0 saturated carbocycles.